The summed E-state index contributed by atoms with van der Waals surface area (Å²) in [5, 5.41) is 24.3. The van der Waals surface area contributed by atoms with Crippen molar-refractivity contribution in [3.63, 3.8) is 0 Å². The summed E-state index contributed by atoms with van der Waals surface area (Å²) in [6.45, 7) is 2.16. The molecular weight excluding hydrogens is 437 g/mol. The fraction of sp³-hybridized carbons (Fsp3) is 0.429. The third-order valence-corrected chi connectivity index (χ3v) is 5.34. The predicted octanol–water partition coefficient (Wildman–Crippen LogP) is 1.59. The minimum atomic E-state index is -2.03. The van der Waals surface area contributed by atoms with Crippen molar-refractivity contribution in [1.82, 2.24) is 9.97 Å². The molecule has 3 atom stereocenters. The second-order valence-electron chi connectivity index (χ2n) is 7.75. The number of anilines is 3. The Morgan fingerprint density at radius 1 is 1.30 bits per heavy atom. The molecule has 176 valence electrons. The second kappa shape index (κ2) is 9.55. The number of rotatable bonds is 9. The van der Waals surface area contributed by atoms with Gasteiger partial charge >= 0.3 is 11.9 Å². The van der Waals surface area contributed by atoms with E-state index in [2.05, 4.69) is 20.6 Å². The van der Waals surface area contributed by atoms with Gasteiger partial charge in [0.05, 0.1) is 19.4 Å². The molecule has 2 aliphatic rings. The number of aryl methyl sites for hydroxylation is 1. The molecule has 0 amide bonds. The minimum absolute atomic E-state index is 0.0639. The molecule has 2 aromatic rings. The van der Waals surface area contributed by atoms with Crippen molar-refractivity contribution in [2.24, 2.45) is 0 Å². The Bertz CT molecular complexity index is 1010. The highest BCUT2D eigenvalue weighted by molar-refractivity contribution is 5.96. The first-order valence-corrected chi connectivity index (χ1v) is 10.4. The highest BCUT2D eigenvalue weighted by atomic mass is 19.1. The number of nitrogens with zero attached hydrogens (tertiary/aromatic N) is 3. The Balaban J connectivity index is 1.44. The quantitative estimate of drug-likeness (QED) is 0.404. The first-order chi connectivity index (χ1) is 15.8. The Morgan fingerprint density at radius 3 is 2.73 bits per heavy atom. The van der Waals surface area contributed by atoms with E-state index in [1.807, 2.05) is 30.3 Å². The highest BCUT2D eigenvalue weighted by Crippen LogP contribution is 2.39. The Hall–Kier alpha value is -3.51. The van der Waals surface area contributed by atoms with Crippen molar-refractivity contribution < 1.29 is 33.7 Å². The molecule has 0 bridgehead atoms. The van der Waals surface area contributed by atoms with Gasteiger partial charge in [-0.1, -0.05) is 30.3 Å². The van der Waals surface area contributed by atoms with Crippen LogP contribution in [0, 0.1) is 6.92 Å². The van der Waals surface area contributed by atoms with Gasteiger partial charge in [0.2, 0.25) is 0 Å². The van der Waals surface area contributed by atoms with Gasteiger partial charge in [-0.3, -0.25) is 0 Å². The fourth-order valence-corrected chi connectivity index (χ4v) is 3.82. The van der Waals surface area contributed by atoms with E-state index in [9.17, 15) is 14.0 Å². The molecule has 1 aromatic carbocycles. The normalized spacial score (nSPS) is 21.7. The van der Waals surface area contributed by atoms with E-state index < -0.39 is 36.5 Å². The fourth-order valence-electron chi connectivity index (χ4n) is 3.82. The number of alkyl halides is 1. The van der Waals surface area contributed by atoms with E-state index in [0.717, 1.165) is 5.56 Å². The van der Waals surface area contributed by atoms with E-state index >= 15 is 0 Å². The number of aromatic nitrogens is 2. The second-order valence-corrected chi connectivity index (χ2v) is 7.75. The van der Waals surface area contributed by atoms with E-state index in [-0.39, 0.29) is 19.7 Å². The molecule has 33 heavy (non-hydrogen) atoms. The molecule has 0 aliphatic carbocycles. The third-order valence-electron chi connectivity index (χ3n) is 5.34. The molecule has 1 saturated heterocycles. The number of ether oxygens (including phenoxy) is 2. The Labute approximate surface area is 188 Å². The van der Waals surface area contributed by atoms with Crippen molar-refractivity contribution in [2.45, 2.75) is 44.5 Å². The van der Waals surface area contributed by atoms with Gasteiger partial charge in [0.25, 0.3) is 6.10 Å². The maximum atomic E-state index is 14.9. The van der Waals surface area contributed by atoms with Gasteiger partial charge in [0.15, 0.2) is 17.9 Å². The standard InChI is InChI=1S/C21H24FN5O6/c1-11-25-17(23-8-12-5-3-2-4-6-12)15-18(26-11)27(10-24-15)19-14(22)7-13(33-19)9-32-16(20(28)29)21(30)31/h2-6,13-14,16,19,24H,7-10H2,1H3,(H,28,29)(H,30,31)(H,23,25,26). The summed E-state index contributed by atoms with van der Waals surface area (Å²) >= 11 is 0. The lowest BCUT2D eigenvalue weighted by Gasteiger charge is -2.26. The van der Waals surface area contributed by atoms with Crippen LogP contribution in [0.5, 0.6) is 0 Å². The van der Waals surface area contributed by atoms with E-state index in [1.54, 1.807) is 11.8 Å². The molecule has 4 N–H and O–H groups in total. The summed E-state index contributed by atoms with van der Waals surface area (Å²) in [5.41, 5.74) is 1.70. The summed E-state index contributed by atoms with van der Waals surface area (Å²) < 4.78 is 25.5. The maximum absolute atomic E-state index is 14.9. The Morgan fingerprint density at radius 2 is 2.03 bits per heavy atom. The molecule has 1 aromatic heterocycles. The van der Waals surface area contributed by atoms with Gasteiger partial charge in [0, 0.05) is 13.0 Å². The van der Waals surface area contributed by atoms with Gasteiger partial charge in [-0.05, 0) is 12.5 Å². The first kappa shape index (κ1) is 22.7. The van der Waals surface area contributed by atoms with Crippen LogP contribution in [0.1, 0.15) is 17.8 Å². The van der Waals surface area contributed by atoms with Gasteiger partial charge in [-0.25, -0.2) is 23.9 Å². The summed E-state index contributed by atoms with van der Waals surface area (Å²) in [6, 6.07) is 9.80. The van der Waals surface area contributed by atoms with Crippen LogP contribution in [-0.4, -0.2) is 70.0 Å². The topological polar surface area (TPSA) is 146 Å². The number of benzene rings is 1. The lowest BCUT2D eigenvalue weighted by atomic mass is 10.2. The van der Waals surface area contributed by atoms with Crippen LogP contribution in [-0.2, 0) is 25.6 Å². The van der Waals surface area contributed by atoms with Crippen LogP contribution in [0.2, 0.25) is 0 Å². The van der Waals surface area contributed by atoms with Crippen molar-refractivity contribution in [2.75, 3.05) is 28.8 Å². The number of aliphatic carboxylic acids is 2. The summed E-state index contributed by atoms with van der Waals surface area (Å²) in [6.07, 6.45) is -5.29. The highest BCUT2D eigenvalue weighted by Gasteiger charge is 2.43. The minimum Gasteiger partial charge on any atom is -0.479 e. The van der Waals surface area contributed by atoms with E-state index in [1.165, 1.54) is 0 Å². The molecule has 3 heterocycles. The van der Waals surface area contributed by atoms with Gasteiger partial charge in [0.1, 0.15) is 17.7 Å². The van der Waals surface area contributed by atoms with Crippen LogP contribution in [0.3, 0.4) is 0 Å². The predicted molar refractivity (Wildman–Crippen MR) is 115 cm³/mol. The van der Waals surface area contributed by atoms with Crippen LogP contribution < -0.4 is 15.5 Å². The molecule has 4 rings (SSSR count). The molecule has 2 aliphatic heterocycles. The molecule has 0 spiro atoms. The molecular formula is C21H24FN5O6. The summed E-state index contributed by atoms with van der Waals surface area (Å²) in [4.78, 5) is 32.5. The number of halogens is 1. The number of carbonyl (C=O) groups is 2. The average Bonchev–Trinajstić information content (AvgIpc) is 3.35. The molecule has 0 radical (unpaired) electrons. The van der Waals surface area contributed by atoms with Crippen LogP contribution in [0.25, 0.3) is 0 Å². The number of fused-ring (bicyclic) bond motifs is 1. The van der Waals surface area contributed by atoms with Crippen LogP contribution >= 0.6 is 0 Å². The number of hydrogen-bond donors (Lipinski definition) is 4. The van der Waals surface area contributed by atoms with Crippen LogP contribution in [0.4, 0.5) is 21.7 Å². The van der Waals surface area contributed by atoms with Crippen LogP contribution in [0.15, 0.2) is 30.3 Å². The number of carboxylic acid groups (broad SMARTS) is 2. The lowest BCUT2D eigenvalue weighted by molar-refractivity contribution is -0.168. The molecule has 0 saturated carbocycles. The largest absolute Gasteiger partial charge is 0.479 e. The maximum Gasteiger partial charge on any atom is 0.344 e. The number of carboxylic acids is 2. The molecule has 12 heteroatoms. The number of nitrogens with one attached hydrogen (secondary N) is 2. The van der Waals surface area contributed by atoms with Crippen molar-refractivity contribution in [1.29, 1.82) is 0 Å². The molecule has 3 unspecified atom stereocenters. The van der Waals surface area contributed by atoms with Gasteiger partial charge in [-0.15, -0.1) is 0 Å². The average molecular weight is 461 g/mol. The Kier molecular flexibility index (Phi) is 6.56. The smallest absolute Gasteiger partial charge is 0.344 e. The summed E-state index contributed by atoms with van der Waals surface area (Å²) in [7, 11) is 0. The van der Waals surface area contributed by atoms with E-state index in [0.29, 0.717) is 29.7 Å². The SMILES string of the molecule is Cc1nc(NCc2ccccc2)c2c(n1)N(C1OC(COC(C(=O)O)C(=O)O)CC1F)CN2. The first-order valence-electron chi connectivity index (χ1n) is 10.4. The zero-order valence-corrected chi connectivity index (χ0v) is 17.8. The molecule has 1 fully saturated rings. The number of hydrogen-bond acceptors (Lipinski definition) is 9. The van der Waals surface area contributed by atoms with Crippen molar-refractivity contribution >= 4 is 29.3 Å². The third kappa shape index (κ3) is 4.96. The van der Waals surface area contributed by atoms with Gasteiger partial charge < -0.3 is 35.2 Å². The zero-order chi connectivity index (χ0) is 23.5. The van der Waals surface area contributed by atoms with Gasteiger partial charge in [-0.2, -0.15) is 0 Å². The zero-order valence-electron chi connectivity index (χ0n) is 17.8. The van der Waals surface area contributed by atoms with E-state index in [4.69, 9.17) is 19.7 Å². The lowest BCUT2D eigenvalue weighted by Crippen LogP contribution is -2.41. The molecule has 11 nitrogen and oxygen atoms in total. The monoisotopic (exact) mass is 461 g/mol. The summed E-state index contributed by atoms with van der Waals surface area (Å²) in [5.74, 6) is -1.69. The van der Waals surface area contributed by atoms with Crippen molar-refractivity contribution in [3.8, 4) is 0 Å². The van der Waals surface area contributed by atoms with Crippen molar-refractivity contribution in [3.05, 3.63) is 41.7 Å².